The zero-order chi connectivity index (χ0) is 13.1. The highest BCUT2D eigenvalue weighted by Crippen LogP contribution is 2.23. The maximum atomic E-state index is 13.0. The molecule has 2 nitrogen and oxygen atoms in total. The molecule has 0 heterocycles. The van der Waals surface area contributed by atoms with E-state index in [-0.39, 0.29) is 5.91 Å². The van der Waals surface area contributed by atoms with Crippen molar-refractivity contribution in [3.8, 4) is 0 Å². The van der Waals surface area contributed by atoms with Gasteiger partial charge in [0, 0.05) is 15.7 Å². The Kier molecular flexibility index (Phi) is 3.77. The van der Waals surface area contributed by atoms with Crippen LogP contribution in [-0.4, -0.2) is 5.91 Å². The maximum Gasteiger partial charge on any atom is 0.255 e. The maximum absolute atomic E-state index is 13.0. The van der Waals surface area contributed by atoms with Crippen molar-refractivity contribution in [1.29, 1.82) is 0 Å². The second kappa shape index (κ2) is 5.31. The average Bonchev–Trinajstić information content (AvgIpc) is 2.35. The number of halogens is 2. The summed E-state index contributed by atoms with van der Waals surface area (Å²) in [5.41, 5.74) is 1.94. The summed E-state index contributed by atoms with van der Waals surface area (Å²) in [5.74, 6) is -0.746. The molecule has 0 fully saturated rings. The number of hydrogen-bond donors (Lipinski definition) is 1. The summed E-state index contributed by atoms with van der Waals surface area (Å²) in [6.45, 7) is 1.89. The molecular formula is C14H11BrFNO. The van der Waals surface area contributed by atoms with Crippen LogP contribution in [0.1, 0.15) is 15.9 Å². The fraction of sp³-hybridized carbons (Fsp3) is 0.0714. The van der Waals surface area contributed by atoms with Crippen molar-refractivity contribution in [3.63, 3.8) is 0 Å². The Labute approximate surface area is 113 Å². The monoisotopic (exact) mass is 307 g/mol. The summed E-state index contributed by atoms with van der Waals surface area (Å²) in [4.78, 5) is 11.9. The number of amides is 1. The van der Waals surface area contributed by atoms with Gasteiger partial charge in [-0.25, -0.2) is 4.39 Å². The van der Waals surface area contributed by atoms with Gasteiger partial charge in [-0.15, -0.1) is 0 Å². The first-order chi connectivity index (χ1) is 8.58. The van der Waals surface area contributed by atoms with Crippen LogP contribution in [0.25, 0.3) is 0 Å². The highest BCUT2D eigenvalue weighted by molar-refractivity contribution is 9.10. The van der Waals surface area contributed by atoms with Crippen molar-refractivity contribution in [3.05, 3.63) is 63.9 Å². The number of hydrogen-bond acceptors (Lipinski definition) is 1. The predicted octanol–water partition coefficient (Wildman–Crippen LogP) is 4.15. The van der Waals surface area contributed by atoms with Crippen LogP contribution in [0.2, 0.25) is 0 Å². The van der Waals surface area contributed by atoms with Crippen LogP contribution < -0.4 is 5.32 Å². The summed E-state index contributed by atoms with van der Waals surface area (Å²) < 4.78 is 13.9. The Bertz CT molecular complexity index is 598. The lowest BCUT2D eigenvalue weighted by Gasteiger charge is -2.09. The van der Waals surface area contributed by atoms with Gasteiger partial charge in [-0.05, 0) is 42.8 Å². The molecule has 92 valence electrons. The molecular weight excluding hydrogens is 297 g/mol. The number of carbonyl (C=O) groups excluding carboxylic acids is 1. The number of carbonyl (C=O) groups is 1. The smallest absolute Gasteiger partial charge is 0.255 e. The fourth-order valence-electron chi connectivity index (χ4n) is 1.57. The van der Waals surface area contributed by atoms with Crippen LogP contribution in [0.5, 0.6) is 0 Å². The SMILES string of the molecule is Cc1c(Br)cccc1NC(=O)c1cccc(F)c1. The van der Waals surface area contributed by atoms with E-state index in [9.17, 15) is 9.18 Å². The van der Waals surface area contributed by atoms with Gasteiger partial charge in [-0.1, -0.05) is 28.1 Å². The van der Waals surface area contributed by atoms with E-state index in [1.807, 2.05) is 19.1 Å². The molecule has 0 atom stereocenters. The second-order valence-corrected chi connectivity index (χ2v) is 4.73. The van der Waals surface area contributed by atoms with E-state index in [1.54, 1.807) is 12.1 Å². The first kappa shape index (κ1) is 12.8. The highest BCUT2D eigenvalue weighted by Gasteiger charge is 2.09. The summed E-state index contributed by atoms with van der Waals surface area (Å²) in [6, 6.07) is 11.1. The van der Waals surface area contributed by atoms with Gasteiger partial charge in [0.25, 0.3) is 5.91 Å². The molecule has 0 saturated heterocycles. The number of benzene rings is 2. The van der Waals surface area contributed by atoms with Crippen LogP contribution in [-0.2, 0) is 0 Å². The largest absolute Gasteiger partial charge is 0.322 e. The van der Waals surface area contributed by atoms with Gasteiger partial charge >= 0.3 is 0 Å². The lowest BCUT2D eigenvalue weighted by atomic mass is 10.1. The molecule has 2 aromatic rings. The molecule has 0 spiro atoms. The number of nitrogens with one attached hydrogen (secondary N) is 1. The van der Waals surface area contributed by atoms with Gasteiger partial charge in [-0.3, -0.25) is 4.79 Å². The van der Waals surface area contributed by atoms with Crippen molar-refractivity contribution in [2.75, 3.05) is 5.32 Å². The summed E-state index contributed by atoms with van der Waals surface area (Å²) in [6.07, 6.45) is 0. The van der Waals surface area contributed by atoms with Crippen molar-refractivity contribution >= 4 is 27.5 Å². The Morgan fingerprint density at radius 3 is 2.67 bits per heavy atom. The molecule has 1 amide bonds. The molecule has 0 radical (unpaired) electrons. The molecule has 0 saturated carbocycles. The van der Waals surface area contributed by atoms with E-state index in [1.165, 1.54) is 18.2 Å². The van der Waals surface area contributed by atoms with E-state index in [0.29, 0.717) is 11.3 Å². The first-order valence-electron chi connectivity index (χ1n) is 5.40. The molecule has 0 aliphatic heterocycles. The lowest BCUT2D eigenvalue weighted by Crippen LogP contribution is -2.13. The molecule has 0 unspecified atom stereocenters. The van der Waals surface area contributed by atoms with Gasteiger partial charge in [0.15, 0.2) is 0 Å². The minimum absolute atomic E-state index is 0.300. The van der Waals surface area contributed by atoms with Gasteiger partial charge in [0.1, 0.15) is 5.82 Å². The summed E-state index contributed by atoms with van der Waals surface area (Å²) >= 11 is 3.39. The minimum atomic E-state index is -0.423. The van der Waals surface area contributed by atoms with E-state index in [4.69, 9.17) is 0 Å². The molecule has 4 heteroatoms. The molecule has 0 aliphatic carbocycles. The van der Waals surface area contributed by atoms with Crippen molar-refractivity contribution in [2.24, 2.45) is 0 Å². The fourth-order valence-corrected chi connectivity index (χ4v) is 1.93. The van der Waals surface area contributed by atoms with Crippen molar-refractivity contribution < 1.29 is 9.18 Å². The third kappa shape index (κ3) is 2.76. The molecule has 0 aromatic heterocycles. The number of anilines is 1. The topological polar surface area (TPSA) is 29.1 Å². The molecule has 1 N–H and O–H groups in total. The van der Waals surface area contributed by atoms with Crippen molar-refractivity contribution in [1.82, 2.24) is 0 Å². The Hall–Kier alpha value is -1.68. The normalized spacial score (nSPS) is 10.2. The van der Waals surface area contributed by atoms with Gasteiger partial charge in [-0.2, -0.15) is 0 Å². The molecule has 18 heavy (non-hydrogen) atoms. The summed E-state index contributed by atoms with van der Waals surface area (Å²) in [7, 11) is 0. The van der Waals surface area contributed by atoms with Crippen molar-refractivity contribution in [2.45, 2.75) is 6.92 Å². The Balaban J connectivity index is 2.24. The molecule has 2 rings (SSSR count). The van der Waals surface area contributed by atoms with E-state index in [0.717, 1.165) is 10.0 Å². The average molecular weight is 308 g/mol. The molecule has 0 aliphatic rings. The van der Waals surface area contributed by atoms with E-state index >= 15 is 0 Å². The first-order valence-corrected chi connectivity index (χ1v) is 6.19. The Morgan fingerprint density at radius 2 is 1.94 bits per heavy atom. The van der Waals surface area contributed by atoms with Crippen LogP contribution in [0.4, 0.5) is 10.1 Å². The van der Waals surface area contributed by atoms with E-state index < -0.39 is 5.82 Å². The zero-order valence-electron chi connectivity index (χ0n) is 9.71. The third-order valence-corrected chi connectivity index (χ3v) is 3.46. The van der Waals surface area contributed by atoms with E-state index in [2.05, 4.69) is 21.2 Å². The number of rotatable bonds is 2. The predicted molar refractivity (Wildman–Crippen MR) is 73.2 cm³/mol. The quantitative estimate of drug-likeness (QED) is 0.887. The standard InChI is InChI=1S/C14H11BrFNO/c1-9-12(15)6-3-7-13(9)17-14(18)10-4-2-5-11(16)8-10/h2-8H,1H3,(H,17,18). The zero-order valence-corrected chi connectivity index (χ0v) is 11.3. The highest BCUT2D eigenvalue weighted by atomic mass is 79.9. The van der Waals surface area contributed by atoms with Gasteiger partial charge < -0.3 is 5.32 Å². The second-order valence-electron chi connectivity index (χ2n) is 3.88. The molecule has 2 aromatic carbocycles. The third-order valence-electron chi connectivity index (χ3n) is 2.60. The lowest BCUT2D eigenvalue weighted by molar-refractivity contribution is 0.102. The summed E-state index contributed by atoms with van der Waals surface area (Å²) in [5, 5.41) is 2.76. The van der Waals surface area contributed by atoms with Crippen LogP contribution in [0, 0.1) is 12.7 Å². The van der Waals surface area contributed by atoms with Crippen LogP contribution in [0.3, 0.4) is 0 Å². The van der Waals surface area contributed by atoms with Gasteiger partial charge in [0.05, 0.1) is 0 Å². The van der Waals surface area contributed by atoms with Gasteiger partial charge in [0.2, 0.25) is 0 Å². The van der Waals surface area contributed by atoms with Crippen LogP contribution >= 0.6 is 15.9 Å². The minimum Gasteiger partial charge on any atom is -0.322 e. The molecule has 0 bridgehead atoms. The van der Waals surface area contributed by atoms with Crippen LogP contribution in [0.15, 0.2) is 46.9 Å². The Morgan fingerprint density at radius 1 is 1.22 bits per heavy atom.